The second kappa shape index (κ2) is 8.57. The van der Waals surface area contributed by atoms with Crippen LogP contribution in [0.1, 0.15) is 32.3 Å². The van der Waals surface area contributed by atoms with Gasteiger partial charge in [0, 0.05) is 38.9 Å². The Kier molecular flexibility index (Phi) is 6.74. The Morgan fingerprint density at radius 3 is 2.57 bits per heavy atom. The molecule has 1 aliphatic rings. The summed E-state index contributed by atoms with van der Waals surface area (Å²) in [5, 5.41) is 4.15. The number of rotatable bonds is 7. The summed E-state index contributed by atoms with van der Waals surface area (Å²) in [7, 11) is 0. The van der Waals surface area contributed by atoms with Crippen LogP contribution in [0.5, 0.6) is 0 Å². The number of nitrogens with zero attached hydrogens (tertiary/aromatic N) is 3. The van der Waals surface area contributed by atoms with Crippen molar-refractivity contribution in [2.45, 2.75) is 33.2 Å². The number of anilines is 1. The summed E-state index contributed by atoms with van der Waals surface area (Å²) in [6, 6.07) is 2.05. The molecule has 0 radical (unpaired) electrons. The number of aromatic nitrogens is 1. The molecule has 1 aliphatic heterocycles. The van der Waals surface area contributed by atoms with Crippen molar-refractivity contribution in [2.75, 3.05) is 44.2 Å². The molecule has 4 nitrogen and oxygen atoms in total. The van der Waals surface area contributed by atoms with E-state index in [0.29, 0.717) is 0 Å². The maximum atomic E-state index is 6.43. The Hall–Kier alpha value is -0.840. The normalized spacial score (nSPS) is 16.4. The molecule has 1 saturated heterocycles. The molecule has 118 valence electrons. The fourth-order valence-electron chi connectivity index (χ4n) is 2.71. The zero-order valence-corrected chi connectivity index (χ0v) is 14.0. The molecule has 0 aromatic carbocycles. The molecule has 0 atom stereocenters. The van der Waals surface area contributed by atoms with E-state index in [9.17, 15) is 0 Å². The number of piperazine rings is 1. The van der Waals surface area contributed by atoms with Crippen LogP contribution in [-0.2, 0) is 6.54 Å². The van der Waals surface area contributed by atoms with Crippen LogP contribution in [0.25, 0.3) is 0 Å². The van der Waals surface area contributed by atoms with Crippen molar-refractivity contribution in [3.63, 3.8) is 0 Å². The van der Waals surface area contributed by atoms with E-state index in [-0.39, 0.29) is 0 Å². The quantitative estimate of drug-likeness (QED) is 0.785. The minimum atomic E-state index is 0.773. The monoisotopic (exact) mass is 310 g/mol. The summed E-state index contributed by atoms with van der Waals surface area (Å²) in [5.41, 5.74) is 1.15. The van der Waals surface area contributed by atoms with E-state index in [1.165, 1.54) is 13.0 Å². The van der Waals surface area contributed by atoms with Gasteiger partial charge in [-0.1, -0.05) is 25.4 Å². The van der Waals surface area contributed by atoms with Crippen molar-refractivity contribution in [2.24, 2.45) is 0 Å². The fraction of sp³-hybridized carbons (Fsp3) is 0.688. The third-order valence-electron chi connectivity index (χ3n) is 3.85. The summed E-state index contributed by atoms with van der Waals surface area (Å²) >= 11 is 6.43. The summed E-state index contributed by atoms with van der Waals surface area (Å²) < 4.78 is 0. The Labute approximate surface area is 133 Å². The van der Waals surface area contributed by atoms with Gasteiger partial charge in [-0.25, -0.2) is 4.98 Å². The van der Waals surface area contributed by atoms with E-state index in [2.05, 4.69) is 33.9 Å². The molecule has 0 aliphatic carbocycles. The van der Waals surface area contributed by atoms with Crippen molar-refractivity contribution in [1.82, 2.24) is 15.2 Å². The van der Waals surface area contributed by atoms with Gasteiger partial charge in [-0.3, -0.25) is 4.90 Å². The predicted molar refractivity (Wildman–Crippen MR) is 90.2 cm³/mol. The number of hydrogen-bond donors (Lipinski definition) is 1. The number of halogens is 1. The van der Waals surface area contributed by atoms with Gasteiger partial charge in [-0.05, 0) is 37.6 Å². The van der Waals surface area contributed by atoms with Crippen LogP contribution in [-0.4, -0.2) is 49.2 Å². The van der Waals surface area contributed by atoms with Gasteiger partial charge in [0.1, 0.15) is 5.82 Å². The maximum absolute atomic E-state index is 6.43. The lowest BCUT2D eigenvalue weighted by atomic mass is 10.2. The topological polar surface area (TPSA) is 31.4 Å². The molecule has 0 amide bonds. The first-order chi connectivity index (χ1) is 10.2. The van der Waals surface area contributed by atoms with Crippen LogP contribution in [0.2, 0.25) is 5.02 Å². The molecule has 0 unspecified atom stereocenters. The molecule has 21 heavy (non-hydrogen) atoms. The van der Waals surface area contributed by atoms with Gasteiger partial charge in [-0.15, -0.1) is 0 Å². The second-order valence-corrected chi connectivity index (χ2v) is 6.06. The average Bonchev–Trinajstić information content (AvgIpc) is 2.49. The molecule has 2 heterocycles. The lowest BCUT2D eigenvalue weighted by molar-refractivity contribution is 0.258. The molecule has 1 N–H and O–H groups in total. The van der Waals surface area contributed by atoms with Crippen molar-refractivity contribution in [3.8, 4) is 0 Å². The van der Waals surface area contributed by atoms with Gasteiger partial charge in [-0.2, -0.15) is 0 Å². The molecule has 2 rings (SSSR count). The lowest BCUT2D eigenvalue weighted by Gasteiger charge is -2.35. The van der Waals surface area contributed by atoms with Crippen molar-refractivity contribution in [3.05, 3.63) is 22.8 Å². The molecule has 1 aromatic rings. The van der Waals surface area contributed by atoms with E-state index in [1.807, 2.05) is 12.3 Å². The first kappa shape index (κ1) is 16.5. The zero-order valence-electron chi connectivity index (χ0n) is 13.2. The van der Waals surface area contributed by atoms with E-state index < -0.39 is 0 Å². The first-order valence-electron chi connectivity index (χ1n) is 8.07. The Balaban J connectivity index is 1.92. The molecule has 1 fully saturated rings. The van der Waals surface area contributed by atoms with Gasteiger partial charge in [0.15, 0.2) is 0 Å². The van der Waals surface area contributed by atoms with E-state index >= 15 is 0 Å². The minimum absolute atomic E-state index is 0.773. The summed E-state index contributed by atoms with van der Waals surface area (Å²) in [6.45, 7) is 11.7. The molecule has 0 saturated carbocycles. The van der Waals surface area contributed by atoms with Crippen LogP contribution in [0.4, 0.5) is 5.82 Å². The smallest absolute Gasteiger partial charge is 0.147 e. The third-order valence-corrected chi connectivity index (χ3v) is 4.12. The highest BCUT2D eigenvalue weighted by Crippen LogP contribution is 2.25. The maximum Gasteiger partial charge on any atom is 0.147 e. The van der Waals surface area contributed by atoms with E-state index in [4.69, 9.17) is 11.6 Å². The molecule has 1 aromatic heterocycles. The van der Waals surface area contributed by atoms with Crippen LogP contribution in [0.15, 0.2) is 12.3 Å². The zero-order chi connectivity index (χ0) is 15.1. The molecule has 0 bridgehead atoms. The molecular weight excluding hydrogens is 284 g/mol. The van der Waals surface area contributed by atoms with Crippen LogP contribution >= 0.6 is 11.6 Å². The van der Waals surface area contributed by atoms with Crippen molar-refractivity contribution >= 4 is 17.4 Å². The number of nitrogens with one attached hydrogen (secondary N) is 1. The molecule has 5 heteroatoms. The summed E-state index contributed by atoms with van der Waals surface area (Å²) in [5.74, 6) is 0.937. The number of pyridine rings is 1. The fourth-order valence-corrected chi connectivity index (χ4v) is 3.02. The van der Waals surface area contributed by atoms with E-state index in [0.717, 1.165) is 62.1 Å². The largest absolute Gasteiger partial charge is 0.353 e. The minimum Gasteiger partial charge on any atom is -0.353 e. The van der Waals surface area contributed by atoms with Gasteiger partial charge in [0.05, 0.1) is 5.02 Å². The van der Waals surface area contributed by atoms with Gasteiger partial charge >= 0.3 is 0 Å². The highest BCUT2D eigenvalue weighted by atomic mass is 35.5. The van der Waals surface area contributed by atoms with Crippen LogP contribution in [0, 0.1) is 0 Å². The van der Waals surface area contributed by atoms with Gasteiger partial charge < -0.3 is 10.2 Å². The Bertz CT molecular complexity index is 430. The third kappa shape index (κ3) is 4.83. The van der Waals surface area contributed by atoms with Crippen LogP contribution in [0.3, 0.4) is 0 Å². The Morgan fingerprint density at radius 1 is 1.19 bits per heavy atom. The molecule has 0 spiro atoms. The van der Waals surface area contributed by atoms with Crippen molar-refractivity contribution in [1.29, 1.82) is 0 Å². The average molecular weight is 311 g/mol. The highest BCUT2D eigenvalue weighted by Gasteiger charge is 2.19. The molecular formula is C16H27ClN4. The van der Waals surface area contributed by atoms with Gasteiger partial charge in [0.25, 0.3) is 0 Å². The Morgan fingerprint density at radius 2 is 1.95 bits per heavy atom. The van der Waals surface area contributed by atoms with Crippen LogP contribution < -0.4 is 10.2 Å². The first-order valence-corrected chi connectivity index (χ1v) is 8.44. The standard InChI is InChI=1S/C16H27ClN4/c1-3-5-18-12-14-11-15(17)16(19-13-14)21-9-7-20(6-4-2)8-10-21/h11,13,18H,3-10,12H2,1-2H3. The second-order valence-electron chi connectivity index (χ2n) is 5.65. The van der Waals surface area contributed by atoms with Crippen molar-refractivity contribution < 1.29 is 0 Å². The lowest BCUT2D eigenvalue weighted by Crippen LogP contribution is -2.46. The number of hydrogen-bond acceptors (Lipinski definition) is 4. The SMILES string of the molecule is CCCNCc1cnc(N2CCN(CCC)CC2)c(Cl)c1. The predicted octanol–water partition coefficient (Wildman–Crippen LogP) is 2.77. The summed E-state index contributed by atoms with van der Waals surface area (Å²) in [4.78, 5) is 9.40. The van der Waals surface area contributed by atoms with E-state index in [1.54, 1.807) is 0 Å². The highest BCUT2D eigenvalue weighted by molar-refractivity contribution is 6.33. The summed E-state index contributed by atoms with van der Waals surface area (Å²) in [6.07, 6.45) is 4.31. The van der Waals surface area contributed by atoms with Gasteiger partial charge in [0.2, 0.25) is 0 Å².